The molecule has 0 amide bonds. The maximum absolute atomic E-state index is 13.6. The first-order valence-corrected chi connectivity index (χ1v) is 9.46. The Bertz CT molecular complexity index is 856. The number of halogens is 3. The Balaban J connectivity index is 1.80. The number of alkyl halides is 3. The monoisotopic (exact) mass is 397 g/mol. The minimum atomic E-state index is -4.93. The topological polar surface area (TPSA) is 101 Å². The number of pyridine rings is 1. The molecule has 3 N–H and O–H groups in total. The molecule has 2 aliphatic heterocycles. The molecule has 7 nitrogen and oxygen atoms in total. The van der Waals surface area contributed by atoms with Crippen molar-refractivity contribution in [2.75, 3.05) is 17.2 Å². The molecule has 10 heteroatoms. The van der Waals surface area contributed by atoms with Crippen molar-refractivity contribution in [2.24, 2.45) is 0 Å². The smallest absolute Gasteiger partial charge is 0.416 e. The number of nitrogens with two attached hydrogens (primary N) is 1. The number of nitrogens with zero attached hydrogens (tertiary/aromatic N) is 4. The van der Waals surface area contributed by atoms with Crippen molar-refractivity contribution in [1.82, 2.24) is 15.2 Å². The molecule has 4 bridgehead atoms. The quantitative estimate of drug-likeness (QED) is 0.703. The fraction of sp³-hybridized carbons (Fsp3) is 0.611. The van der Waals surface area contributed by atoms with Gasteiger partial charge in [-0.3, -0.25) is 0 Å². The molecule has 0 saturated carbocycles. The number of aromatic nitrogens is 3. The Morgan fingerprint density at radius 2 is 1.93 bits per heavy atom. The van der Waals surface area contributed by atoms with Crippen molar-refractivity contribution >= 4 is 11.5 Å². The van der Waals surface area contributed by atoms with Gasteiger partial charge in [-0.1, -0.05) is 12.8 Å². The van der Waals surface area contributed by atoms with Gasteiger partial charge < -0.3 is 20.2 Å². The lowest BCUT2D eigenvalue weighted by atomic mass is 9.94. The van der Waals surface area contributed by atoms with Crippen LogP contribution in [0.2, 0.25) is 0 Å². The Hall–Kier alpha value is -2.36. The molecule has 4 rings (SSSR count). The van der Waals surface area contributed by atoms with Crippen LogP contribution >= 0.6 is 0 Å². The second-order valence-corrected chi connectivity index (χ2v) is 7.47. The van der Waals surface area contributed by atoms with Gasteiger partial charge in [0.1, 0.15) is 5.82 Å². The summed E-state index contributed by atoms with van der Waals surface area (Å²) in [6, 6.07) is 3.72. The van der Waals surface area contributed by atoms with Gasteiger partial charge in [0, 0.05) is 12.6 Å². The number of anilines is 2. The normalized spacial score (nSPS) is 26.0. The summed E-state index contributed by atoms with van der Waals surface area (Å²) in [5.74, 6) is -0.419. The van der Waals surface area contributed by atoms with E-state index in [1.54, 1.807) is 12.1 Å². The van der Waals surface area contributed by atoms with E-state index in [0.717, 1.165) is 32.2 Å². The zero-order chi connectivity index (χ0) is 19.9. The van der Waals surface area contributed by atoms with Gasteiger partial charge in [0.25, 0.3) is 11.8 Å². The van der Waals surface area contributed by atoms with E-state index >= 15 is 0 Å². The van der Waals surface area contributed by atoms with E-state index in [0.29, 0.717) is 12.2 Å². The van der Waals surface area contributed by atoms with Crippen LogP contribution in [0.1, 0.15) is 50.8 Å². The number of nitrogen functional groups attached to an aromatic ring is 1. The molecule has 2 aliphatic rings. The fourth-order valence-electron chi connectivity index (χ4n) is 4.02. The first-order chi connectivity index (χ1) is 13.3. The maximum atomic E-state index is 13.6. The predicted octanol–water partition coefficient (Wildman–Crippen LogP) is 3.40. The van der Waals surface area contributed by atoms with Crippen LogP contribution in [-0.2, 0) is 5.60 Å². The lowest BCUT2D eigenvalue weighted by Crippen LogP contribution is -2.42. The maximum Gasteiger partial charge on any atom is 0.426 e. The Labute approximate surface area is 159 Å². The van der Waals surface area contributed by atoms with Crippen LogP contribution in [0.3, 0.4) is 0 Å². The van der Waals surface area contributed by atoms with Crippen LogP contribution in [0.5, 0.6) is 0 Å². The molecule has 1 unspecified atom stereocenters. The molecule has 2 aromatic heterocycles. The van der Waals surface area contributed by atoms with Gasteiger partial charge in [-0.15, -0.1) is 10.2 Å². The molecular formula is C18H22F3N5O2. The van der Waals surface area contributed by atoms with E-state index < -0.39 is 24.1 Å². The number of aliphatic hydroxyl groups is 1. The zero-order valence-corrected chi connectivity index (χ0v) is 15.2. The van der Waals surface area contributed by atoms with Crippen LogP contribution in [0.25, 0.3) is 11.6 Å². The third-order valence-electron chi connectivity index (χ3n) is 5.61. The number of fused-ring (bicyclic) bond motifs is 7. The highest BCUT2D eigenvalue weighted by Gasteiger charge is 2.58. The minimum absolute atomic E-state index is 0.128. The summed E-state index contributed by atoms with van der Waals surface area (Å²) in [5, 5.41) is 17.6. The van der Waals surface area contributed by atoms with Crippen molar-refractivity contribution in [2.45, 2.75) is 62.8 Å². The van der Waals surface area contributed by atoms with Gasteiger partial charge in [-0.05, 0) is 44.2 Å². The number of rotatable bonds is 0. The van der Waals surface area contributed by atoms with Crippen molar-refractivity contribution < 1.29 is 22.7 Å². The molecule has 1 fully saturated rings. The summed E-state index contributed by atoms with van der Waals surface area (Å²) in [5.41, 5.74) is 3.13. The number of hydrogen-bond acceptors (Lipinski definition) is 7. The molecule has 0 radical (unpaired) electrons. The van der Waals surface area contributed by atoms with E-state index in [-0.39, 0.29) is 29.7 Å². The highest BCUT2D eigenvalue weighted by Crippen LogP contribution is 2.43. The Morgan fingerprint density at radius 3 is 2.71 bits per heavy atom. The van der Waals surface area contributed by atoms with E-state index in [2.05, 4.69) is 20.1 Å². The fourth-order valence-corrected chi connectivity index (χ4v) is 4.02. The predicted molar refractivity (Wildman–Crippen MR) is 95.3 cm³/mol. The van der Waals surface area contributed by atoms with Crippen molar-refractivity contribution in [3.05, 3.63) is 18.0 Å². The summed E-state index contributed by atoms with van der Waals surface area (Å²) in [6.45, 7) is 0.865. The van der Waals surface area contributed by atoms with Gasteiger partial charge >= 0.3 is 6.18 Å². The van der Waals surface area contributed by atoms with Gasteiger partial charge in [0.05, 0.1) is 5.69 Å². The number of hydrogen-bond donors (Lipinski definition) is 2. The van der Waals surface area contributed by atoms with Crippen molar-refractivity contribution in [3.8, 4) is 11.6 Å². The summed E-state index contributed by atoms with van der Waals surface area (Å²) in [4.78, 5) is 6.71. The molecule has 0 aromatic carbocycles. The first kappa shape index (κ1) is 19.0. The van der Waals surface area contributed by atoms with Gasteiger partial charge in [-0.25, -0.2) is 4.98 Å². The molecule has 0 spiro atoms. The minimum Gasteiger partial charge on any atom is -0.416 e. The third kappa shape index (κ3) is 3.19. The summed E-state index contributed by atoms with van der Waals surface area (Å²) in [6.07, 6.45) is -1.01. The van der Waals surface area contributed by atoms with Crippen LogP contribution in [0.4, 0.5) is 24.7 Å². The molecule has 2 atom stereocenters. The molecule has 152 valence electrons. The standard InChI is InChI=1S/C18H22F3N5O2/c19-18(20,21)17(27)9-3-1-2-5-11-6-4-10-26(11)13-8-7-12(22)14(23-13)15-24-25-16(17)28-15/h7-8,11,27H,1-6,9-10,22H2/t11-,17?/m1/s1. The third-order valence-corrected chi connectivity index (χ3v) is 5.61. The second-order valence-electron chi connectivity index (χ2n) is 7.47. The molecule has 2 aromatic rings. The Kier molecular flexibility index (Phi) is 4.68. The summed E-state index contributed by atoms with van der Waals surface area (Å²) >= 11 is 0. The van der Waals surface area contributed by atoms with Crippen LogP contribution in [-0.4, -0.2) is 39.1 Å². The first-order valence-electron chi connectivity index (χ1n) is 9.46. The van der Waals surface area contributed by atoms with Crippen LogP contribution in [0, 0.1) is 0 Å². The molecule has 28 heavy (non-hydrogen) atoms. The summed E-state index contributed by atoms with van der Waals surface area (Å²) < 4.78 is 46.1. The van der Waals surface area contributed by atoms with Gasteiger partial charge in [0.2, 0.25) is 5.60 Å². The molecular weight excluding hydrogens is 375 g/mol. The highest BCUT2D eigenvalue weighted by atomic mass is 19.4. The van der Waals surface area contributed by atoms with Gasteiger partial charge in [-0.2, -0.15) is 13.2 Å². The molecule has 0 aliphatic carbocycles. The summed E-state index contributed by atoms with van der Waals surface area (Å²) in [7, 11) is 0. The lowest BCUT2D eigenvalue weighted by molar-refractivity contribution is -0.277. The van der Waals surface area contributed by atoms with E-state index in [4.69, 9.17) is 10.2 Å². The van der Waals surface area contributed by atoms with E-state index in [1.807, 2.05) is 0 Å². The van der Waals surface area contributed by atoms with Crippen LogP contribution in [0.15, 0.2) is 16.5 Å². The second kappa shape index (κ2) is 6.91. The molecule has 1 saturated heterocycles. The van der Waals surface area contributed by atoms with Crippen molar-refractivity contribution in [1.29, 1.82) is 0 Å². The average molecular weight is 397 g/mol. The van der Waals surface area contributed by atoms with E-state index in [1.165, 1.54) is 0 Å². The van der Waals surface area contributed by atoms with E-state index in [9.17, 15) is 18.3 Å². The largest absolute Gasteiger partial charge is 0.426 e. The SMILES string of the molecule is Nc1ccc2nc1-c1nnc(o1)C(O)(C(F)(F)F)CCCCC[C@@H]1CCCN21. The van der Waals surface area contributed by atoms with Crippen molar-refractivity contribution in [3.63, 3.8) is 0 Å². The average Bonchev–Trinajstić information content (AvgIpc) is 3.30. The lowest BCUT2D eigenvalue weighted by Gasteiger charge is -2.28. The Morgan fingerprint density at radius 1 is 1.14 bits per heavy atom. The van der Waals surface area contributed by atoms with Crippen LogP contribution < -0.4 is 10.6 Å². The molecule has 4 heterocycles. The highest BCUT2D eigenvalue weighted by molar-refractivity contribution is 5.68. The van der Waals surface area contributed by atoms with Gasteiger partial charge in [0.15, 0.2) is 5.69 Å². The zero-order valence-electron chi connectivity index (χ0n) is 15.2.